The smallest absolute Gasteiger partial charge is 0.478 e. The Labute approximate surface area is 129 Å². The molecule has 2 aromatic carbocycles. The van der Waals surface area contributed by atoms with E-state index in [0.29, 0.717) is 5.56 Å². The van der Waals surface area contributed by atoms with Crippen LogP contribution >= 0.6 is 0 Å². The first-order valence-corrected chi connectivity index (χ1v) is 7.47. The molecule has 0 unspecified atom stereocenters. The minimum atomic E-state index is -6.00. The summed E-state index contributed by atoms with van der Waals surface area (Å²) < 4.78 is 64.2. The molecule has 0 aromatic heterocycles. The Kier molecular flexibility index (Phi) is 4.33. The van der Waals surface area contributed by atoms with Gasteiger partial charge in [0.05, 0.1) is 0 Å². The van der Waals surface area contributed by atoms with Crippen molar-refractivity contribution < 1.29 is 35.7 Å². The summed E-state index contributed by atoms with van der Waals surface area (Å²) in [5.41, 5.74) is -6.15. The lowest BCUT2D eigenvalue weighted by molar-refractivity contribution is -0.0500. The molecule has 0 saturated carbocycles. The van der Waals surface area contributed by atoms with E-state index in [-0.39, 0.29) is 5.56 Å². The van der Waals surface area contributed by atoms with E-state index in [0.717, 1.165) is 6.07 Å². The third-order valence-corrected chi connectivity index (χ3v) is 3.76. The summed E-state index contributed by atoms with van der Waals surface area (Å²) in [6.07, 6.45) is 0. The maximum Gasteiger partial charge on any atom is 0.534 e. The Morgan fingerprint density at radius 3 is 2.13 bits per heavy atom. The molecular weight excluding hydrogens is 337 g/mol. The van der Waals surface area contributed by atoms with Gasteiger partial charge in [0.15, 0.2) is 5.75 Å². The van der Waals surface area contributed by atoms with Crippen molar-refractivity contribution in [2.45, 2.75) is 5.51 Å². The highest BCUT2D eigenvalue weighted by molar-refractivity contribution is 7.88. The molecule has 0 saturated heterocycles. The van der Waals surface area contributed by atoms with Gasteiger partial charge in [0.1, 0.15) is 5.56 Å². The van der Waals surface area contributed by atoms with Crippen LogP contribution in [0.1, 0.15) is 10.4 Å². The third-order valence-electron chi connectivity index (χ3n) is 2.81. The number of carboxylic acids is 1. The van der Waals surface area contributed by atoms with Gasteiger partial charge >= 0.3 is 21.6 Å². The molecule has 0 fully saturated rings. The summed E-state index contributed by atoms with van der Waals surface area (Å²) in [5.74, 6) is -2.50. The highest BCUT2D eigenvalue weighted by Crippen LogP contribution is 2.37. The van der Waals surface area contributed by atoms with E-state index in [2.05, 4.69) is 4.18 Å². The first kappa shape index (κ1) is 16.8. The molecule has 5 nitrogen and oxygen atoms in total. The fraction of sp³-hybridized carbons (Fsp3) is 0.0714. The van der Waals surface area contributed by atoms with Gasteiger partial charge in [-0.25, -0.2) is 4.79 Å². The second-order valence-electron chi connectivity index (χ2n) is 4.34. The SMILES string of the molecule is O=C(O)c1cccc(-c2ccccc2)c1OS(=O)(=O)C(F)(F)F. The molecule has 0 atom stereocenters. The second-order valence-corrected chi connectivity index (χ2v) is 5.87. The van der Waals surface area contributed by atoms with Crippen LogP contribution in [0.2, 0.25) is 0 Å². The highest BCUT2D eigenvalue weighted by atomic mass is 32.2. The van der Waals surface area contributed by atoms with Crippen LogP contribution in [0.15, 0.2) is 48.5 Å². The average Bonchev–Trinajstić information content (AvgIpc) is 2.46. The van der Waals surface area contributed by atoms with E-state index in [1.165, 1.54) is 24.3 Å². The molecule has 23 heavy (non-hydrogen) atoms. The lowest BCUT2D eigenvalue weighted by Gasteiger charge is -2.15. The lowest BCUT2D eigenvalue weighted by atomic mass is 10.0. The van der Waals surface area contributed by atoms with Gasteiger partial charge in [-0.15, -0.1) is 0 Å². The second kappa shape index (κ2) is 5.92. The molecule has 0 heterocycles. The fourth-order valence-electron chi connectivity index (χ4n) is 1.80. The van der Waals surface area contributed by atoms with Gasteiger partial charge in [-0.2, -0.15) is 21.6 Å². The van der Waals surface area contributed by atoms with E-state index in [1.807, 2.05) is 0 Å². The lowest BCUT2D eigenvalue weighted by Crippen LogP contribution is -2.28. The summed E-state index contributed by atoms with van der Waals surface area (Å²) in [6, 6.07) is 11.2. The van der Waals surface area contributed by atoms with E-state index < -0.39 is 32.9 Å². The molecule has 0 aliphatic carbocycles. The predicted octanol–water partition coefficient (Wildman–Crippen LogP) is 3.28. The van der Waals surface area contributed by atoms with Crippen molar-refractivity contribution in [3.05, 3.63) is 54.1 Å². The van der Waals surface area contributed by atoms with Crippen LogP contribution in [0.5, 0.6) is 5.75 Å². The molecule has 0 spiro atoms. The Bertz CT molecular complexity index is 829. The number of carboxylic acid groups (broad SMARTS) is 1. The molecule has 9 heteroatoms. The zero-order chi connectivity index (χ0) is 17.3. The van der Waals surface area contributed by atoms with Crippen LogP contribution in [0.25, 0.3) is 11.1 Å². The first-order chi connectivity index (χ1) is 10.6. The van der Waals surface area contributed by atoms with Crippen LogP contribution in [0.3, 0.4) is 0 Å². The number of carbonyl (C=O) groups is 1. The summed E-state index contributed by atoms with van der Waals surface area (Å²) in [4.78, 5) is 11.2. The average molecular weight is 346 g/mol. The minimum Gasteiger partial charge on any atom is -0.478 e. The fourth-order valence-corrected chi connectivity index (χ4v) is 2.29. The summed E-state index contributed by atoms with van der Waals surface area (Å²) in [5, 5.41) is 9.08. The third kappa shape index (κ3) is 3.45. The minimum absolute atomic E-state index is 0.0849. The number of para-hydroxylation sites is 1. The molecule has 0 radical (unpaired) electrons. The number of rotatable bonds is 4. The summed E-state index contributed by atoms with van der Waals surface area (Å²) in [6.45, 7) is 0. The standard InChI is InChI=1S/C14H9F3O5S/c15-14(16,17)23(20,21)22-12-10(9-5-2-1-3-6-9)7-4-8-11(12)13(18)19/h1-8H,(H,18,19). The number of hydrogen-bond acceptors (Lipinski definition) is 4. The monoisotopic (exact) mass is 346 g/mol. The van der Waals surface area contributed by atoms with E-state index in [9.17, 15) is 26.4 Å². The van der Waals surface area contributed by atoms with Gasteiger partial charge in [-0.1, -0.05) is 42.5 Å². The van der Waals surface area contributed by atoms with E-state index >= 15 is 0 Å². The van der Waals surface area contributed by atoms with Crippen LogP contribution in [0.4, 0.5) is 13.2 Å². The van der Waals surface area contributed by atoms with Crippen LogP contribution < -0.4 is 4.18 Å². The Balaban J connectivity index is 2.67. The maximum absolute atomic E-state index is 12.5. The number of benzene rings is 2. The molecule has 0 amide bonds. The molecule has 122 valence electrons. The van der Waals surface area contributed by atoms with Gasteiger partial charge < -0.3 is 9.29 Å². The van der Waals surface area contributed by atoms with Crippen molar-refractivity contribution in [1.29, 1.82) is 0 Å². The molecule has 0 bridgehead atoms. The highest BCUT2D eigenvalue weighted by Gasteiger charge is 2.49. The van der Waals surface area contributed by atoms with Crippen molar-refractivity contribution >= 4 is 16.1 Å². The zero-order valence-corrected chi connectivity index (χ0v) is 12.1. The molecule has 1 N–H and O–H groups in total. The largest absolute Gasteiger partial charge is 0.534 e. The molecule has 0 aliphatic heterocycles. The Morgan fingerprint density at radius 1 is 1.00 bits per heavy atom. The Morgan fingerprint density at radius 2 is 1.61 bits per heavy atom. The molecule has 0 aliphatic rings. The van der Waals surface area contributed by atoms with Gasteiger partial charge in [0.2, 0.25) is 0 Å². The van der Waals surface area contributed by atoms with E-state index in [4.69, 9.17) is 5.11 Å². The van der Waals surface area contributed by atoms with Crippen LogP contribution in [0, 0.1) is 0 Å². The van der Waals surface area contributed by atoms with Gasteiger partial charge in [-0.3, -0.25) is 0 Å². The topological polar surface area (TPSA) is 80.7 Å². The normalized spacial score (nSPS) is 12.0. The van der Waals surface area contributed by atoms with Gasteiger partial charge in [0, 0.05) is 5.56 Å². The van der Waals surface area contributed by atoms with Crippen molar-refractivity contribution in [3.63, 3.8) is 0 Å². The number of alkyl halides is 3. The van der Waals surface area contributed by atoms with Crippen molar-refractivity contribution in [1.82, 2.24) is 0 Å². The van der Waals surface area contributed by atoms with Crippen LogP contribution in [-0.4, -0.2) is 25.0 Å². The maximum atomic E-state index is 12.5. The summed E-state index contributed by atoms with van der Waals surface area (Å²) in [7, 11) is -6.00. The van der Waals surface area contributed by atoms with Crippen molar-refractivity contribution in [3.8, 4) is 16.9 Å². The molecular formula is C14H9F3O5S. The quantitative estimate of drug-likeness (QED) is 0.679. The zero-order valence-electron chi connectivity index (χ0n) is 11.2. The van der Waals surface area contributed by atoms with Gasteiger partial charge in [-0.05, 0) is 11.6 Å². The first-order valence-electron chi connectivity index (χ1n) is 6.06. The summed E-state index contributed by atoms with van der Waals surface area (Å²) >= 11 is 0. The van der Waals surface area contributed by atoms with Crippen molar-refractivity contribution in [2.24, 2.45) is 0 Å². The van der Waals surface area contributed by atoms with E-state index in [1.54, 1.807) is 18.2 Å². The molecule has 2 rings (SSSR count). The number of halogens is 3. The number of aromatic carboxylic acids is 1. The van der Waals surface area contributed by atoms with Gasteiger partial charge in [0.25, 0.3) is 0 Å². The number of hydrogen-bond donors (Lipinski definition) is 1. The molecule has 2 aromatic rings. The van der Waals surface area contributed by atoms with Crippen LogP contribution in [-0.2, 0) is 10.1 Å². The Hall–Kier alpha value is -2.55. The predicted molar refractivity (Wildman–Crippen MR) is 74.4 cm³/mol. The van der Waals surface area contributed by atoms with Crippen molar-refractivity contribution in [2.75, 3.05) is 0 Å².